The van der Waals surface area contributed by atoms with Crippen molar-refractivity contribution in [1.29, 1.82) is 0 Å². The van der Waals surface area contributed by atoms with Gasteiger partial charge in [-0.2, -0.15) is 0 Å². The van der Waals surface area contributed by atoms with Gasteiger partial charge in [-0.05, 0) is 34.4 Å². The molecule has 1 aliphatic heterocycles. The zero-order valence-electron chi connectivity index (χ0n) is 9.99. The van der Waals surface area contributed by atoms with Crippen molar-refractivity contribution in [2.75, 3.05) is 40.3 Å². The Bertz CT molecular complexity index is 153. The van der Waals surface area contributed by atoms with Gasteiger partial charge in [0, 0.05) is 32.3 Å². The molecule has 1 heterocycles. The third kappa shape index (κ3) is 3.95. The maximum absolute atomic E-state index is 5.50. The SMILES string of the molecule is CC(C)OCCCN1CC(N(C)C)C1. The second-order valence-electron chi connectivity index (χ2n) is 4.65. The van der Waals surface area contributed by atoms with E-state index in [4.69, 9.17) is 4.74 Å². The van der Waals surface area contributed by atoms with E-state index in [0.29, 0.717) is 6.10 Å². The maximum Gasteiger partial charge on any atom is 0.0518 e. The van der Waals surface area contributed by atoms with Crippen LogP contribution in [-0.4, -0.2) is 62.3 Å². The monoisotopic (exact) mass is 200 g/mol. The lowest BCUT2D eigenvalue weighted by Crippen LogP contribution is -2.57. The number of likely N-dealkylation sites (N-methyl/N-ethyl adjacent to an activating group) is 1. The lowest BCUT2D eigenvalue weighted by atomic mass is 10.1. The number of hydrogen-bond acceptors (Lipinski definition) is 3. The highest BCUT2D eigenvalue weighted by Gasteiger charge is 2.27. The predicted molar refractivity (Wildman–Crippen MR) is 59.6 cm³/mol. The van der Waals surface area contributed by atoms with Crippen molar-refractivity contribution >= 4 is 0 Å². The maximum atomic E-state index is 5.50. The third-order valence-corrected chi connectivity index (χ3v) is 2.74. The lowest BCUT2D eigenvalue weighted by molar-refractivity contribution is 0.0381. The molecular formula is C11H24N2O. The minimum absolute atomic E-state index is 0.376. The summed E-state index contributed by atoms with van der Waals surface area (Å²) in [7, 11) is 4.31. The van der Waals surface area contributed by atoms with E-state index in [2.05, 4.69) is 37.7 Å². The number of ether oxygens (including phenoxy) is 1. The van der Waals surface area contributed by atoms with Gasteiger partial charge in [0.05, 0.1) is 6.10 Å². The van der Waals surface area contributed by atoms with E-state index < -0.39 is 0 Å². The molecule has 0 atom stereocenters. The van der Waals surface area contributed by atoms with Crippen LogP contribution in [-0.2, 0) is 4.74 Å². The van der Waals surface area contributed by atoms with Gasteiger partial charge in [0.15, 0.2) is 0 Å². The number of hydrogen-bond donors (Lipinski definition) is 0. The standard InChI is InChI=1S/C11H24N2O/c1-10(2)14-7-5-6-13-8-11(9-13)12(3)4/h10-11H,5-9H2,1-4H3. The van der Waals surface area contributed by atoms with Gasteiger partial charge in [0.2, 0.25) is 0 Å². The van der Waals surface area contributed by atoms with Gasteiger partial charge in [-0.25, -0.2) is 0 Å². The van der Waals surface area contributed by atoms with Crippen molar-refractivity contribution in [3.05, 3.63) is 0 Å². The Morgan fingerprint density at radius 1 is 1.36 bits per heavy atom. The Hall–Kier alpha value is -0.120. The van der Waals surface area contributed by atoms with Crippen molar-refractivity contribution < 1.29 is 4.74 Å². The van der Waals surface area contributed by atoms with Gasteiger partial charge < -0.3 is 14.5 Å². The van der Waals surface area contributed by atoms with Gasteiger partial charge in [0.25, 0.3) is 0 Å². The summed E-state index contributed by atoms with van der Waals surface area (Å²) in [5.41, 5.74) is 0. The second-order valence-corrected chi connectivity index (χ2v) is 4.65. The van der Waals surface area contributed by atoms with E-state index in [-0.39, 0.29) is 0 Å². The summed E-state index contributed by atoms with van der Waals surface area (Å²) in [6, 6.07) is 0.779. The molecule has 1 fully saturated rings. The molecule has 14 heavy (non-hydrogen) atoms. The van der Waals surface area contributed by atoms with E-state index in [1.165, 1.54) is 26.1 Å². The molecule has 0 saturated carbocycles. The zero-order valence-corrected chi connectivity index (χ0v) is 9.99. The van der Waals surface area contributed by atoms with Gasteiger partial charge >= 0.3 is 0 Å². The first-order valence-electron chi connectivity index (χ1n) is 5.60. The molecule has 0 aromatic heterocycles. The highest BCUT2D eigenvalue weighted by Crippen LogP contribution is 2.12. The molecule has 0 amide bonds. The minimum atomic E-state index is 0.376. The van der Waals surface area contributed by atoms with Crippen molar-refractivity contribution in [1.82, 2.24) is 9.80 Å². The Morgan fingerprint density at radius 3 is 2.50 bits per heavy atom. The largest absolute Gasteiger partial charge is 0.379 e. The first kappa shape index (κ1) is 12.0. The average Bonchev–Trinajstić information content (AvgIpc) is 1.98. The summed E-state index contributed by atoms with van der Waals surface area (Å²) < 4.78 is 5.50. The molecule has 1 aliphatic rings. The molecule has 1 saturated heterocycles. The summed E-state index contributed by atoms with van der Waals surface area (Å²) in [5, 5.41) is 0. The normalized spacial score (nSPS) is 19.3. The van der Waals surface area contributed by atoms with Crippen molar-refractivity contribution in [3.8, 4) is 0 Å². The molecule has 0 radical (unpaired) electrons. The van der Waals surface area contributed by atoms with E-state index in [9.17, 15) is 0 Å². The summed E-state index contributed by atoms with van der Waals surface area (Å²) >= 11 is 0. The Balaban J connectivity index is 1.91. The van der Waals surface area contributed by atoms with Gasteiger partial charge in [-0.1, -0.05) is 0 Å². The molecule has 0 bridgehead atoms. The van der Waals surface area contributed by atoms with Gasteiger partial charge in [-0.3, -0.25) is 0 Å². The number of rotatable bonds is 6. The molecular weight excluding hydrogens is 176 g/mol. The van der Waals surface area contributed by atoms with Crippen LogP contribution in [0.2, 0.25) is 0 Å². The summed E-state index contributed by atoms with van der Waals surface area (Å²) in [6.45, 7) is 8.73. The van der Waals surface area contributed by atoms with Gasteiger partial charge in [-0.15, -0.1) is 0 Å². The first-order valence-corrected chi connectivity index (χ1v) is 5.60. The smallest absolute Gasteiger partial charge is 0.0518 e. The zero-order chi connectivity index (χ0) is 10.6. The molecule has 0 aliphatic carbocycles. The highest BCUT2D eigenvalue weighted by atomic mass is 16.5. The van der Waals surface area contributed by atoms with Crippen LogP contribution in [0.15, 0.2) is 0 Å². The first-order chi connectivity index (χ1) is 6.59. The van der Waals surface area contributed by atoms with Crippen LogP contribution in [0.1, 0.15) is 20.3 Å². The molecule has 3 heteroatoms. The van der Waals surface area contributed by atoms with E-state index in [0.717, 1.165) is 12.6 Å². The quantitative estimate of drug-likeness (QED) is 0.596. The van der Waals surface area contributed by atoms with Crippen LogP contribution in [0.25, 0.3) is 0 Å². The molecule has 0 unspecified atom stereocenters. The Labute approximate surface area is 88.0 Å². The van der Waals surface area contributed by atoms with Crippen molar-refractivity contribution in [2.24, 2.45) is 0 Å². The van der Waals surface area contributed by atoms with Crippen LogP contribution in [0.3, 0.4) is 0 Å². The summed E-state index contributed by atoms with van der Waals surface area (Å²) in [5.74, 6) is 0. The molecule has 3 nitrogen and oxygen atoms in total. The third-order valence-electron chi connectivity index (χ3n) is 2.74. The lowest BCUT2D eigenvalue weighted by Gasteiger charge is -2.42. The topological polar surface area (TPSA) is 15.7 Å². The molecule has 84 valence electrons. The van der Waals surface area contributed by atoms with Crippen LogP contribution in [0.5, 0.6) is 0 Å². The van der Waals surface area contributed by atoms with Crippen LogP contribution in [0.4, 0.5) is 0 Å². The van der Waals surface area contributed by atoms with Crippen molar-refractivity contribution in [2.45, 2.75) is 32.4 Å². The number of nitrogens with zero attached hydrogens (tertiary/aromatic N) is 2. The second kappa shape index (κ2) is 5.69. The molecule has 0 aromatic rings. The molecule has 0 N–H and O–H groups in total. The van der Waals surface area contributed by atoms with E-state index in [1.54, 1.807) is 0 Å². The Kier molecular flexibility index (Phi) is 4.85. The molecule has 0 aromatic carbocycles. The minimum Gasteiger partial charge on any atom is -0.379 e. The van der Waals surface area contributed by atoms with E-state index in [1.807, 2.05) is 0 Å². The van der Waals surface area contributed by atoms with Crippen LogP contribution in [0, 0.1) is 0 Å². The fourth-order valence-electron chi connectivity index (χ4n) is 1.66. The van der Waals surface area contributed by atoms with E-state index >= 15 is 0 Å². The van der Waals surface area contributed by atoms with Gasteiger partial charge in [0.1, 0.15) is 0 Å². The summed E-state index contributed by atoms with van der Waals surface area (Å²) in [4.78, 5) is 4.80. The fourth-order valence-corrected chi connectivity index (χ4v) is 1.66. The highest BCUT2D eigenvalue weighted by molar-refractivity contribution is 4.85. The van der Waals surface area contributed by atoms with Crippen LogP contribution < -0.4 is 0 Å². The molecule has 0 spiro atoms. The predicted octanol–water partition coefficient (Wildman–Crippen LogP) is 1.05. The average molecular weight is 200 g/mol. The van der Waals surface area contributed by atoms with Crippen LogP contribution >= 0.6 is 0 Å². The molecule has 1 rings (SSSR count). The number of likely N-dealkylation sites (tertiary alicyclic amines) is 1. The Morgan fingerprint density at radius 2 is 2.00 bits per heavy atom. The fraction of sp³-hybridized carbons (Fsp3) is 1.00. The summed E-state index contributed by atoms with van der Waals surface area (Å²) in [6.07, 6.45) is 1.54. The van der Waals surface area contributed by atoms with Crippen molar-refractivity contribution in [3.63, 3.8) is 0 Å².